The Labute approximate surface area is 127 Å². The Hall–Kier alpha value is -2.83. The van der Waals surface area contributed by atoms with Crippen LogP contribution < -0.4 is 20.5 Å². The van der Waals surface area contributed by atoms with Crippen molar-refractivity contribution in [2.45, 2.75) is 6.42 Å². The molecule has 1 aromatic heterocycles. The Balaban J connectivity index is 1.57. The molecule has 0 unspecified atom stereocenters. The van der Waals surface area contributed by atoms with Gasteiger partial charge in [0.2, 0.25) is 0 Å². The quantitative estimate of drug-likeness (QED) is 0.866. The first-order valence-electron chi connectivity index (χ1n) is 6.97. The van der Waals surface area contributed by atoms with Crippen LogP contribution in [0.3, 0.4) is 0 Å². The average Bonchev–Trinajstić information content (AvgIpc) is 2.55. The van der Waals surface area contributed by atoms with Gasteiger partial charge in [0, 0.05) is 18.9 Å². The van der Waals surface area contributed by atoms with E-state index in [4.69, 9.17) is 15.2 Å². The van der Waals surface area contributed by atoms with Crippen molar-refractivity contribution in [1.82, 2.24) is 15.3 Å². The normalized spacial score (nSPS) is 12.7. The number of aromatic nitrogens is 2. The molecule has 0 fully saturated rings. The predicted molar refractivity (Wildman–Crippen MR) is 79.9 cm³/mol. The molecular formula is C15H16N4O3. The standard InChI is InChI=1S/C15H16N4O3/c16-14-13(17-5-6-18-14)15(20)19-4-3-10-1-2-11-12(9-10)22-8-7-21-11/h1-2,5-6,9H,3-4,7-8H2,(H2,16,18)(H,19,20). The van der Waals surface area contributed by atoms with E-state index in [1.165, 1.54) is 12.4 Å². The smallest absolute Gasteiger partial charge is 0.273 e. The van der Waals surface area contributed by atoms with Gasteiger partial charge >= 0.3 is 0 Å². The first-order chi connectivity index (χ1) is 10.7. The van der Waals surface area contributed by atoms with Crippen LogP contribution in [0.15, 0.2) is 30.6 Å². The SMILES string of the molecule is Nc1nccnc1C(=O)NCCc1ccc2c(c1)OCCO2. The molecule has 7 nitrogen and oxygen atoms in total. The summed E-state index contributed by atoms with van der Waals surface area (Å²) >= 11 is 0. The summed E-state index contributed by atoms with van der Waals surface area (Å²) in [5.74, 6) is 1.29. The lowest BCUT2D eigenvalue weighted by molar-refractivity contribution is 0.0950. The highest BCUT2D eigenvalue weighted by Crippen LogP contribution is 2.30. The average molecular weight is 300 g/mol. The summed E-state index contributed by atoms with van der Waals surface area (Å²) < 4.78 is 11.0. The summed E-state index contributed by atoms with van der Waals surface area (Å²) in [4.78, 5) is 19.7. The third-order valence-corrected chi connectivity index (χ3v) is 3.25. The molecule has 1 aromatic carbocycles. The van der Waals surface area contributed by atoms with E-state index in [2.05, 4.69) is 15.3 Å². The highest BCUT2D eigenvalue weighted by molar-refractivity contribution is 5.96. The number of nitrogens with zero attached hydrogens (tertiary/aromatic N) is 2. The molecule has 1 aliphatic heterocycles. The van der Waals surface area contributed by atoms with Gasteiger partial charge in [-0.05, 0) is 24.1 Å². The van der Waals surface area contributed by atoms with Crippen molar-refractivity contribution in [3.8, 4) is 11.5 Å². The number of nitrogen functional groups attached to an aromatic ring is 1. The number of anilines is 1. The molecule has 22 heavy (non-hydrogen) atoms. The molecule has 1 amide bonds. The molecule has 3 rings (SSSR count). The van der Waals surface area contributed by atoms with E-state index in [-0.39, 0.29) is 17.4 Å². The van der Waals surface area contributed by atoms with Crippen molar-refractivity contribution in [3.63, 3.8) is 0 Å². The number of nitrogens with one attached hydrogen (secondary N) is 1. The zero-order chi connectivity index (χ0) is 15.4. The third kappa shape index (κ3) is 3.08. The van der Waals surface area contributed by atoms with E-state index >= 15 is 0 Å². The van der Waals surface area contributed by atoms with Crippen molar-refractivity contribution in [1.29, 1.82) is 0 Å². The van der Waals surface area contributed by atoms with Gasteiger partial charge in [0.25, 0.3) is 5.91 Å². The summed E-state index contributed by atoms with van der Waals surface area (Å²) in [7, 11) is 0. The topological polar surface area (TPSA) is 99.4 Å². The van der Waals surface area contributed by atoms with Crippen molar-refractivity contribution in [2.75, 3.05) is 25.5 Å². The molecule has 7 heteroatoms. The van der Waals surface area contributed by atoms with Crippen LogP contribution in [0.2, 0.25) is 0 Å². The second-order valence-corrected chi connectivity index (χ2v) is 4.77. The van der Waals surface area contributed by atoms with Crippen LogP contribution in [-0.2, 0) is 6.42 Å². The van der Waals surface area contributed by atoms with E-state index < -0.39 is 0 Å². The van der Waals surface area contributed by atoms with E-state index in [1.807, 2.05) is 18.2 Å². The number of carbonyl (C=O) groups is 1. The minimum Gasteiger partial charge on any atom is -0.486 e. The monoisotopic (exact) mass is 300 g/mol. The largest absolute Gasteiger partial charge is 0.486 e. The van der Waals surface area contributed by atoms with Crippen LogP contribution >= 0.6 is 0 Å². The van der Waals surface area contributed by atoms with Gasteiger partial charge in [-0.2, -0.15) is 0 Å². The van der Waals surface area contributed by atoms with Gasteiger partial charge in [-0.3, -0.25) is 4.79 Å². The summed E-state index contributed by atoms with van der Waals surface area (Å²) in [6.07, 6.45) is 3.55. The Morgan fingerprint density at radius 3 is 2.77 bits per heavy atom. The van der Waals surface area contributed by atoms with Gasteiger partial charge in [-0.1, -0.05) is 6.07 Å². The fraction of sp³-hybridized carbons (Fsp3) is 0.267. The maximum Gasteiger partial charge on any atom is 0.273 e. The summed E-state index contributed by atoms with van der Waals surface area (Å²) in [5.41, 5.74) is 6.81. The van der Waals surface area contributed by atoms with Crippen LogP contribution in [0.5, 0.6) is 11.5 Å². The molecule has 0 radical (unpaired) electrons. The van der Waals surface area contributed by atoms with Crippen LogP contribution in [-0.4, -0.2) is 35.6 Å². The lowest BCUT2D eigenvalue weighted by atomic mass is 10.1. The Kier molecular flexibility index (Phi) is 4.04. The second kappa shape index (κ2) is 6.30. The highest BCUT2D eigenvalue weighted by atomic mass is 16.6. The molecule has 1 aliphatic rings. The Bertz CT molecular complexity index is 690. The molecule has 0 saturated carbocycles. The second-order valence-electron chi connectivity index (χ2n) is 4.77. The van der Waals surface area contributed by atoms with Crippen LogP contribution in [0.25, 0.3) is 0 Å². The van der Waals surface area contributed by atoms with Gasteiger partial charge in [0.1, 0.15) is 13.2 Å². The van der Waals surface area contributed by atoms with E-state index in [0.717, 1.165) is 17.1 Å². The minimum atomic E-state index is -0.330. The predicted octanol–water partition coefficient (Wildman–Crippen LogP) is 0.802. The number of nitrogens with two attached hydrogens (primary N) is 1. The summed E-state index contributed by atoms with van der Waals surface area (Å²) in [6.45, 7) is 1.59. The van der Waals surface area contributed by atoms with Crippen molar-refractivity contribution >= 4 is 11.7 Å². The number of benzene rings is 1. The molecule has 0 aliphatic carbocycles. The molecule has 2 aromatic rings. The molecule has 0 atom stereocenters. The van der Waals surface area contributed by atoms with Crippen molar-refractivity contribution in [3.05, 3.63) is 41.9 Å². The summed E-state index contributed by atoms with van der Waals surface area (Å²) in [6, 6.07) is 5.76. The first kappa shape index (κ1) is 14.1. The van der Waals surface area contributed by atoms with Crippen LogP contribution in [0.4, 0.5) is 5.82 Å². The van der Waals surface area contributed by atoms with Crippen molar-refractivity contribution < 1.29 is 14.3 Å². The maximum atomic E-state index is 12.0. The number of hydrogen-bond donors (Lipinski definition) is 2. The number of hydrogen-bond acceptors (Lipinski definition) is 6. The van der Waals surface area contributed by atoms with E-state index in [1.54, 1.807) is 0 Å². The number of ether oxygens (including phenoxy) is 2. The first-order valence-corrected chi connectivity index (χ1v) is 6.97. The Morgan fingerprint density at radius 2 is 1.95 bits per heavy atom. The third-order valence-electron chi connectivity index (χ3n) is 3.25. The molecule has 0 spiro atoms. The zero-order valence-corrected chi connectivity index (χ0v) is 11.9. The lowest BCUT2D eigenvalue weighted by Gasteiger charge is -2.18. The fourth-order valence-corrected chi connectivity index (χ4v) is 2.17. The highest BCUT2D eigenvalue weighted by Gasteiger charge is 2.13. The van der Waals surface area contributed by atoms with Crippen LogP contribution in [0, 0.1) is 0 Å². The van der Waals surface area contributed by atoms with Crippen molar-refractivity contribution in [2.24, 2.45) is 0 Å². The molecule has 114 valence electrons. The van der Waals surface area contributed by atoms with E-state index in [0.29, 0.717) is 26.2 Å². The Morgan fingerprint density at radius 1 is 1.18 bits per heavy atom. The van der Waals surface area contributed by atoms with Gasteiger partial charge in [0.15, 0.2) is 23.0 Å². The van der Waals surface area contributed by atoms with Gasteiger partial charge in [-0.15, -0.1) is 0 Å². The molecular weight excluding hydrogens is 284 g/mol. The summed E-state index contributed by atoms with van der Waals surface area (Å²) in [5, 5.41) is 2.77. The molecule has 3 N–H and O–H groups in total. The number of fused-ring (bicyclic) bond motifs is 1. The van der Waals surface area contributed by atoms with Gasteiger partial charge in [-0.25, -0.2) is 9.97 Å². The minimum absolute atomic E-state index is 0.124. The number of rotatable bonds is 4. The zero-order valence-electron chi connectivity index (χ0n) is 11.9. The number of amides is 1. The lowest BCUT2D eigenvalue weighted by Crippen LogP contribution is -2.27. The molecule has 0 bridgehead atoms. The van der Waals surface area contributed by atoms with Gasteiger partial charge in [0.05, 0.1) is 0 Å². The number of carbonyl (C=O) groups excluding carboxylic acids is 1. The van der Waals surface area contributed by atoms with Gasteiger partial charge < -0.3 is 20.5 Å². The maximum absolute atomic E-state index is 12.0. The van der Waals surface area contributed by atoms with Crippen LogP contribution in [0.1, 0.15) is 16.1 Å². The fourth-order valence-electron chi connectivity index (χ4n) is 2.17. The molecule has 2 heterocycles. The molecule has 0 saturated heterocycles. The van der Waals surface area contributed by atoms with E-state index in [9.17, 15) is 4.79 Å².